The molecule has 0 aliphatic heterocycles. The number of hydrogen-bond donors (Lipinski definition) is 0. The number of aromatic nitrogens is 2. The van der Waals surface area contributed by atoms with Crippen LogP contribution in [0.25, 0.3) is 5.69 Å². The Balaban J connectivity index is 2.47. The summed E-state index contributed by atoms with van der Waals surface area (Å²) in [7, 11) is 0. The molecule has 0 aliphatic rings. The van der Waals surface area contributed by atoms with Crippen LogP contribution in [0.15, 0.2) is 36.5 Å². The first-order valence-corrected chi connectivity index (χ1v) is 4.42. The summed E-state index contributed by atoms with van der Waals surface area (Å²) in [6, 6.07) is 9.82. The summed E-state index contributed by atoms with van der Waals surface area (Å²) in [5.41, 5.74) is 2.22. The minimum atomic E-state index is 0.629. The molecule has 0 unspecified atom stereocenters. The van der Waals surface area contributed by atoms with Gasteiger partial charge < -0.3 is 0 Å². The largest absolute Gasteiger partial charge is 0.222 e. The van der Waals surface area contributed by atoms with Crippen LogP contribution in [0.4, 0.5) is 0 Å². The number of benzene rings is 1. The van der Waals surface area contributed by atoms with Crippen LogP contribution in [0.3, 0.4) is 0 Å². The van der Waals surface area contributed by atoms with E-state index in [2.05, 4.69) is 12.0 Å². The van der Waals surface area contributed by atoms with E-state index in [9.17, 15) is 0 Å². The van der Waals surface area contributed by atoms with Crippen LogP contribution in [0.1, 0.15) is 5.56 Å². The lowest BCUT2D eigenvalue weighted by atomic mass is 10.2. The van der Waals surface area contributed by atoms with Crippen molar-refractivity contribution in [2.24, 2.45) is 0 Å². The third-order valence-corrected chi connectivity index (χ3v) is 2.16. The molecular formula is C10H9ClN2. The van der Waals surface area contributed by atoms with E-state index in [0.717, 1.165) is 5.69 Å². The fourth-order valence-corrected chi connectivity index (χ4v) is 1.36. The first-order chi connectivity index (χ1) is 6.27. The van der Waals surface area contributed by atoms with E-state index in [1.54, 1.807) is 16.9 Å². The Bertz CT molecular complexity index is 403. The predicted molar refractivity (Wildman–Crippen MR) is 53.3 cm³/mol. The fourth-order valence-electron chi connectivity index (χ4n) is 1.16. The summed E-state index contributed by atoms with van der Waals surface area (Å²) >= 11 is 5.91. The molecule has 1 heterocycles. The zero-order chi connectivity index (χ0) is 9.26. The van der Waals surface area contributed by atoms with Gasteiger partial charge in [0, 0.05) is 0 Å². The Morgan fingerprint density at radius 3 is 2.38 bits per heavy atom. The van der Waals surface area contributed by atoms with Crippen molar-refractivity contribution in [3.05, 3.63) is 47.2 Å². The summed E-state index contributed by atoms with van der Waals surface area (Å²) in [4.78, 5) is 0. The highest BCUT2D eigenvalue weighted by Gasteiger charge is 2.00. The van der Waals surface area contributed by atoms with Gasteiger partial charge in [-0.25, -0.2) is 4.68 Å². The van der Waals surface area contributed by atoms with Gasteiger partial charge in [-0.1, -0.05) is 29.3 Å². The van der Waals surface area contributed by atoms with Crippen molar-refractivity contribution in [2.45, 2.75) is 6.92 Å². The van der Waals surface area contributed by atoms with E-state index >= 15 is 0 Å². The maximum absolute atomic E-state index is 5.91. The Hall–Kier alpha value is -1.28. The third kappa shape index (κ3) is 1.58. The molecule has 0 bridgehead atoms. The molecule has 1 aromatic carbocycles. The molecule has 2 rings (SSSR count). The number of aryl methyl sites for hydroxylation is 1. The number of rotatable bonds is 1. The van der Waals surface area contributed by atoms with E-state index in [1.165, 1.54) is 5.56 Å². The summed E-state index contributed by atoms with van der Waals surface area (Å²) < 4.78 is 1.70. The van der Waals surface area contributed by atoms with Crippen LogP contribution in [0.2, 0.25) is 5.15 Å². The lowest BCUT2D eigenvalue weighted by Crippen LogP contribution is -1.95. The Morgan fingerprint density at radius 2 is 1.85 bits per heavy atom. The number of hydrogen-bond acceptors (Lipinski definition) is 1. The molecule has 13 heavy (non-hydrogen) atoms. The molecule has 0 saturated carbocycles. The fraction of sp³-hybridized carbons (Fsp3) is 0.100. The molecule has 0 aliphatic carbocycles. The lowest BCUT2D eigenvalue weighted by Gasteiger charge is -2.02. The number of nitrogens with zero attached hydrogens (tertiary/aromatic N) is 2. The van der Waals surface area contributed by atoms with Gasteiger partial charge in [0.2, 0.25) is 0 Å². The van der Waals surface area contributed by atoms with Crippen LogP contribution in [0, 0.1) is 6.92 Å². The second-order valence-corrected chi connectivity index (χ2v) is 3.29. The smallest absolute Gasteiger partial charge is 0.132 e. The maximum Gasteiger partial charge on any atom is 0.132 e. The molecule has 2 nitrogen and oxygen atoms in total. The van der Waals surface area contributed by atoms with Crippen molar-refractivity contribution < 1.29 is 0 Å². The molecule has 66 valence electrons. The highest BCUT2D eigenvalue weighted by molar-refractivity contribution is 6.29. The molecule has 3 heteroatoms. The van der Waals surface area contributed by atoms with Gasteiger partial charge in [0.25, 0.3) is 0 Å². The molecule has 0 N–H and O–H groups in total. The van der Waals surface area contributed by atoms with Crippen molar-refractivity contribution in [3.63, 3.8) is 0 Å². The Morgan fingerprint density at radius 1 is 1.15 bits per heavy atom. The highest BCUT2D eigenvalue weighted by atomic mass is 35.5. The summed E-state index contributed by atoms with van der Waals surface area (Å²) in [5, 5.41) is 4.73. The zero-order valence-corrected chi connectivity index (χ0v) is 7.99. The molecule has 0 amide bonds. The monoisotopic (exact) mass is 192 g/mol. The molecule has 0 spiro atoms. The van der Waals surface area contributed by atoms with Crippen molar-refractivity contribution in [1.82, 2.24) is 9.78 Å². The topological polar surface area (TPSA) is 17.8 Å². The van der Waals surface area contributed by atoms with Crippen LogP contribution in [-0.4, -0.2) is 9.78 Å². The van der Waals surface area contributed by atoms with Crippen molar-refractivity contribution in [3.8, 4) is 5.69 Å². The van der Waals surface area contributed by atoms with Gasteiger partial charge in [-0.05, 0) is 25.1 Å². The maximum atomic E-state index is 5.91. The van der Waals surface area contributed by atoms with Gasteiger partial charge in [-0.15, -0.1) is 0 Å². The highest BCUT2D eigenvalue weighted by Crippen LogP contribution is 2.14. The first-order valence-electron chi connectivity index (χ1n) is 4.04. The normalized spacial score (nSPS) is 10.3. The Kier molecular flexibility index (Phi) is 2.07. The van der Waals surface area contributed by atoms with Crippen molar-refractivity contribution in [2.75, 3.05) is 0 Å². The van der Waals surface area contributed by atoms with Crippen molar-refractivity contribution >= 4 is 11.6 Å². The standard InChI is InChI=1S/C10H9ClN2/c1-8-2-4-9(5-3-8)13-10(11)6-7-12-13/h2-7H,1H3. The van der Waals surface area contributed by atoms with Crippen LogP contribution < -0.4 is 0 Å². The Labute approximate surface area is 81.8 Å². The predicted octanol–water partition coefficient (Wildman–Crippen LogP) is 2.83. The van der Waals surface area contributed by atoms with Gasteiger partial charge >= 0.3 is 0 Å². The zero-order valence-electron chi connectivity index (χ0n) is 7.24. The number of halogens is 1. The molecule has 0 radical (unpaired) electrons. The van der Waals surface area contributed by atoms with E-state index in [-0.39, 0.29) is 0 Å². The average molecular weight is 193 g/mol. The molecule has 1 aromatic heterocycles. The van der Waals surface area contributed by atoms with Crippen LogP contribution in [-0.2, 0) is 0 Å². The van der Waals surface area contributed by atoms with Crippen LogP contribution in [0.5, 0.6) is 0 Å². The minimum Gasteiger partial charge on any atom is -0.222 e. The van der Waals surface area contributed by atoms with E-state index in [1.807, 2.05) is 24.3 Å². The first kappa shape index (κ1) is 8.32. The second-order valence-electron chi connectivity index (χ2n) is 2.90. The summed E-state index contributed by atoms with van der Waals surface area (Å²) in [6.45, 7) is 2.05. The summed E-state index contributed by atoms with van der Waals surface area (Å²) in [5.74, 6) is 0. The van der Waals surface area contributed by atoms with Crippen LogP contribution >= 0.6 is 11.6 Å². The van der Waals surface area contributed by atoms with E-state index in [0.29, 0.717) is 5.15 Å². The SMILES string of the molecule is Cc1ccc(-n2nccc2Cl)cc1. The molecule has 2 aromatic rings. The summed E-state index contributed by atoms with van der Waals surface area (Å²) in [6.07, 6.45) is 1.68. The molecular weight excluding hydrogens is 184 g/mol. The van der Waals surface area contributed by atoms with Gasteiger partial charge in [-0.2, -0.15) is 5.10 Å². The van der Waals surface area contributed by atoms with Gasteiger partial charge in [0.15, 0.2) is 0 Å². The van der Waals surface area contributed by atoms with Crippen molar-refractivity contribution in [1.29, 1.82) is 0 Å². The quantitative estimate of drug-likeness (QED) is 0.680. The average Bonchev–Trinajstić information content (AvgIpc) is 2.53. The molecule has 0 atom stereocenters. The second kappa shape index (κ2) is 3.23. The van der Waals surface area contributed by atoms with E-state index in [4.69, 9.17) is 11.6 Å². The minimum absolute atomic E-state index is 0.629. The van der Waals surface area contributed by atoms with Gasteiger partial charge in [-0.3, -0.25) is 0 Å². The van der Waals surface area contributed by atoms with Gasteiger partial charge in [0.05, 0.1) is 11.9 Å². The lowest BCUT2D eigenvalue weighted by molar-refractivity contribution is 0.881. The third-order valence-electron chi connectivity index (χ3n) is 1.88. The van der Waals surface area contributed by atoms with Gasteiger partial charge in [0.1, 0.15) is 5.15 Å². The van der Waals surface area contributed by atoms with E-state index < -0.39 is 0 Å². The molecule has 0 fully saturated rings. The molecule has 0 saturated heterocycles.